The van der Waals surface area contributed by atoms with Gasteiger partial charge in [-0.1, -0.05) is 126 Å². The first kappa shape index (κ1) is 46.8. The van der Waals surface area contributed by atoms with Crippen molar-refractivity contribution >= 4 is 19.8 Å². The molecular weight excluding hydrogens is 639 g/mol. The molecule has 49 heavy (non-hydrogen) atoms. The van der Waals surface area contributed by atoms with E-state index in [1.54, 1.807) is 0 Å². The van der Waals surface area contributed by atoms with Crippen LogP contribution >= 0.6 is 7.82 Å². The van der Waals surface area contributed by atoms with Crippen LogP contribution in [0.1, 0.15) is 162 Å². The molecule has 0 aromatic rings. The molecule has 0 aliphatic carbocycles. The molecule has 8 nitrogen and oxygen atoms in total. The summed E-state index contributed by atoms with van der Waals surface area (Å²) in [6.07, 6.45) is 43.7. The van der Waals surface area contributed by atoms with E-state index in [0.29, 0.717) is 12.8 Å². The molecule has 0 radical (unpaired) electrons. The molecule has 0 amide bonds. The van der Waals surface area contributed by atoms with E-state index in [2.05, 4.69) is 79.1 Å². The largest absolute Gasteiger partial charge is 0.469 e. The number of esters is 2. The van der Waals surface area contributed by atoms with Gasteiger partial charge < -0.3 is 19.3 Å². The molecule has 9 heteroatoms. The minimum Gasteiger partial charge on any atom is -0.462 e. The van der Waals surface area contributed by atoms with E-state index >= 15 is 0 Å². The lowest BCUT2D eigenvalue weighted by molar-refractivity contribution is -0.161. The number of hydrogen-bond donors (Lipinski definition) is 2. The van der Waals surface area contributed by atoms with Crippen LogP contribution in [-0.2, 0) is 28.2 Å². The van der Waals surface area contributed by atoms with Crippen LogP contribution in [-0.4, -0.2) is 41.0 Å². The molecule has 0 aliphatic heterocycles. The average Bonchev–Trinajstić information content (AvgIpc) is 3.07. The van der Waals surface area contributed by atoms with E-state index in [4.69, 9.17) is 19.3 Å². The van der Waals surface area contributed by atoms with Crippen molar-refractivity contribution in [3.05, 3.63) is 60.8 Å². The van der Waals surface area contributed by atoms with Crippen molar-refractivity contribution in [2.24, 2.45) is 0 Å². The summed E-state index contributed by atoms with van der Waals surface area (Å²) in [5, 5.41) is 0. The maximum absolute atomic E-state index is 12.4. The van der Waals surface area contributed by atoms with Crippen molar-refractivity contribution in [2.75, 3.05) is 13.2 Å². The van der Waals surface area contributed by atoms with Crippen molar-refractivity contribution in [2.45, 2.75) is 168 Å². The number of unbranched alkanes of at least 4 members (excludes halogenated alkanes) is 14. The van der Waals surface area contributed by atoms with Gasteiger partial charge in [0, 0.05) is 12.8 Å². The average molecular weight is 709 g/mol. The van der Waals surface area contributed by atoms with Crippen molar-refractivity contribution in [1.29, 1.82) is 0 Å². The van der Waals surface area contributed by atoms with Crippen molar-refractivity contribution in [3.8, 4) is 0 Å². The Balaban J connectivity index is 4.06. The van der Waals surface area contributed by atoms with E-state index in [-0.39, 0.29) is 19.4 Å². The molecule has 0 spiro atoms. The van der Waals surface area contributed by atoms with Gasteiger partial charge in [0.25, 0.3) is 0 Å². The van der Waals surface area contributed by atoms with Crippen molar-refractivity contribution in [1.82, 2.24) is 0 Å². The Labute approximate surface area is 298 Å². The first-order valence-electron chi connectivity index (χ1n) is 19.1. The second kappa shape index (κ2) is 35.6. The van der Waals surface area contributed by atoms with Gasteiger partial charge in [-0.2, -0.15) is 0 Å². The zero-order valence-corrected chi connectivity index (χ0v) is 31.7. The van der Waals surface area contributed by atoms with Gasteiger partial charge in [0.15, 0.2) is 6.10 Å². The quantitative estimate of drug-likeness (QED) is 0.0293. The highest BCUT2D eigenvalue weighted by atomic mass is 31.2. The third kappa shape index (κ3) is 38.4. The molecule has 0 aromatic heterocycles. The van der Waals surface area contributed by atoms with Gasteiger partial charge in [0.2, 0.25) is 0 Å². The lowest BCUT2D eigenvalue weighted by atomic mass is 10.1. The van der Waals surface area contributed by atoms with Gasteiger partial charge in [-0.15, -0.1) is 0 Å². The lowest BCUT2D eigenvalue weighted by Crippen LogP contribution is -2.29. The first-order chi connectivity index (χ1) is 23.8. The molecule has 0 fully saturated rings. The standard InChI is InChI=1S/C40H69O8P/c1-3-5-7-9-11-13-15-17-18-19-20-21-22-23-25-27-29-31-33-35-40(42)48-38(37-47-49(43,44)45)36-46-39(41)34-32-30-28-26-24-16-14-12-10-8-6-4-2/h11-14,17-18,20-21,23,25,38H,3-10,15-16,19,22,24,26-37H2,1-2H3,(H2,43,44,45)/b13-11+,14-12+,18-17+,21-20+,25-23+/t38-/m1/s1. The number of rotatable bonds is 34. The summed E-state index contributed by atoms with van der Waals surface area (Å²) >= 11 is 0. The van der Waals surface area contributed by atoms with Gasteiger partial charge in [0.1, 0.15) is 6.61 Å². The van der Waals surface area contributed by atoms with Gasteiger partial charge >= 0.3 is 19.8 Å². The minimum absolute atomic E-state index is 0.170. The lowest BCUT2D eigenvalue weighted by Gasteiger charge is -2.18. The molecule has 0 unspecified atom stereocenters. The van der Waals surface area contributed by atoms with Crippen LogP contribution in [0.25, 0.3) is 0 Å². The Bertz CT molecular complexity index is 979. The number of carbonyl (C=O) groups excluding carboxylic acids is 2. The molecule has 0 saturated carbocycles. The van der Waals surface area contributed by atoms with E-state index in [1.165, 1.54) is 44.9 Å². The van der Waals surface area contributed by atoms with E-state index in [1.807, 2.05) is 0 Å². The summed E-state index contributed by atoms with van der Waals surface area (Å²) in [5.41, 5.74) is 0. The summed E-state index contributed by atoms with van der Waals surface area (Å²) in [6, 6.07) is 0. The van der Waals surface area contributed by atoms with Crippen LogP contribution in [0, 0.1) is 0 Å². The van der Waals surface area contributed by atoms with Crippen LogP contribution in [0.15, 0.2) is 60.8 Å². The Hall–Kier alpha value is -2.25. The van der Waals surface area contributed by atoms with Crippen LogP contribution in [0.2, 0.25) is 0 Å². The molecule has 282 valence electrons. The smallest absolute Gasteiger partial charge is 0.462 e. The topological polar surface area (TPSA) is 119 Å². The number of phosphoric ester groups is 1. The predicted molar refractivity (Wildman–Crippen MR) is 202 cm³/mol. The molecule has 0 heterocycles. The van der Waals surface area contributed by atoms with Gasteiger partial charge in [-0.25, -0.2) is 4.57 Å². The van der Waals surface area contributed by atoms with Crippen LogP contribution < -0.4 is 0 Å². The zero-order valence-electron chi connectivity index (χ0n) is 30.8. The first-order valence-corrected chi connectivity index (χ1v) is 20.6. The highest BCUT2D eigenvalue weighted by Gasteiger charge is 2.22. The van der Waals surface area contributed by atoms with E-state index in [0.717, 1.165) is 77.0 Å². The normalized spacial score (nSPS) is 13.1. The predicted octanol–water partition coefficient (Wildman–Crippen LogP) is 11.3. The molecular formula is C40H69O8P. The molecule has 0 rings (SSSR count). The zero-order chi connectivity index (χ0) is 36.1. The minimum atomic E-state index is -4.76. The fourth-order valence-corrected chi connectivity index (χ4v) is 5.24. The summed E-state index contributed by atoms with van der Waals surface area (Å²) in [5.74, 6) is -0.937. The third-order valence-corrected chi connectivity index (χ3v) is 8.24. The van der Waals surface area contributed by atoms with E-state index in [9.17, 15) is 14.2 Å². The van der Waals surface area contributed by atoms with Gasteiger partial charge in [0.05, 0.1) is 6.61 Å². The third-order valence-electron chi connectivity index (χ3n) is 7.76. The summed E-state index contributed by atoms with van der Waals surface area (Å²) in [4.78, 5) is 42.7. The maximum atomic E-state index is 12.4. The molecule has 0 aliphatic rings. The Morgan fingerprint density at radius 1 is 0.531 bits per heavy atom. The highest BCUT2D eigenvalue weighted by Crippen LogP contribution is 2.36. The van der Waals surface area contributed by atoms with Gasteiger partial charge in [-0.05, 0) is 83.5 Å². The van der Waals surface area contributed by atoms with Crippen LogP contribution in [0.3, 0.4) is 0 Å². The summed E-state index contributed by atoms with van der Waals surface area (Å²) < 4.78 is 26.3. The fraction of sp³-hybridized carbons (Fsp3) is 0.700. The molecule has 0 bridgehead atoms. The highest BCUT2D eigenvalue weighted by molar-refractivity contribution is 7.46. The second-order valence-corrected chi connectivity index (χ2v) is 13.8. The Morgan fingerprint density at radius 2 is 0.918 bits per heavy atom. The molecule has 1 atom stereocenters. The molecule has 2 N–H and O–H groups in total. The Kier molecular flexibility index (Phi) is 33.9. The maximum Gasteiger partial charge on any atom is 0.469 e. The van der Waals surface area contributed by atoms with Crippen LogP contribution in [0.5, 0.6) is 0 Å². The van der Waals surface area contributed by atoms with Crippen molar-refractivity contribution in [3.63, 3.8) is 0 Å². The Morgan fingerprint density at radius 3 is 1.41 bits per heavy atom. The number of hydrogen-bond acceptors (Lipinski definition) is 6. The SMILES string of the molecule is CCCCC/C=C/C/C=C/C/C=C/C/C=C/CCCCCC(=O)O[C@H](COC(=O)CCCCCCC/C=C/CCCCC)COP(=O)(O)O. The molecule has 0 aromatic carbocycles. The summed E-state index contributed by atoms with van der Waals surface area (Å²) in [6.45, 7) is 3.58. The van der Waals surface area contributed by atoms with Crippen LogP contribution in [0.4, 0.5) is 0 Å². The fourth-order valence-electron chi connectivity index (χ4n) is 4.88. The number of ether oxygens (including phenoxy) is 2. The molecule has 0 saturated heterocycles. The van der Waals surface area contributed by atoms with Crippen molar-refractivity contribution < 1.29 is 37.9 Å². The number of allylic oxidation sites excluding steroid dienone is 10. The number of phosphoric acid groups is 1. The van der Waals surface area contributed by atoms with E-state index < -0.39 is 32.5 Å². The second-order valence-electron chi connectivity index (χ2n) is 12.5. The monoisotopic (exact) mass is 708 g/mol. The van der Waals surface area contributed by atoms with Gasteiger partial charge in [-0.3, -0.25) is 14.1 Å². The summed E-state index contributed by atoms with van der Waals surface area (Å²) in [7, 11) is -4.76. The number of carbonyl (C=O) groups is 2.